The third-order valence-electron chi connectivity index (χ3n) is 2.00. The van der Waals surface area contributed by atoms with Crippen LogP contribution in [0.4, 0.5) is 0 Å². The Labute approximate surface area is 92.1 Å². The lowest BCUT2D eigenvalue weighted by Crippen LogP contribution is -2.14. The highest BCUT2D eigenvalue weighted by atomic mass is 35.5. The number of hydrogen-bond acceptors (Lipinski definition) is 2. The minimum absolute atomic E-state index is 0.195. The molecule has 4 nitrogen and oxygen atoms in total. The lowest BCUT2D eigenvalue weighted by Gasteiger charge is -1.92. The number of nitrogens with one attached hydrogen (secondary N) is 1. The Hall–Kier alpha value is -1.04. The average Bonchev–Trinajstić information content (AvgIpc) is 2.42. The highest BCUT2D eigenvalue weighted by molar-refractivity contribution is 7.88. The number of aromatic amines is 1. The molecule has 3 N–H and O–H groups in total. The molecule has 0 radical (unpaired) electrons. The van der Waals surface area contributed by atoms with Crippen molar-refractivity contribution in [3.8, 4) is 0 Å². The molecule has 0 saturated heterocycles. The van der Waals surface area contributed by atoms with E-state index in [2.05, 4.69) is 4.98 Å². The first-order valence-corrected chi connectivity index (χ1v) is 6.31. The molecule has 1 aromatic heterocycles. The molecule has 0 aliphatic heterocycles. The molecular weight excluding hydrogens is 236 g/mol. The van der Waals surface area contributed by atoms with Crippen molar-refractivity contribution in [2.45, 2.75) is 5.75 Å². The number of benzene rings is 1. The van der Waals surface area contributed by atoms with Gasteiger partial charge in [-0.15, -0.1) is 0 Å². The number of primary sulfonamides is 1. The van der Waals surface area contributed by atoms with Gasteiger partial charge in [-0.25, -0.2) is 13.6 Å². The lowest BCUT2D eigenvalue weighted by atomic mass is 10.2. The van der Waals surface area contributed by atoms with Crippen LogP contribution in [0.15, 0.2) is 24.3 Å². The predicted octanol–water partition coefficient (Wildman–Crippen LogP) is 1.61. The van der Waals surface area contributed by atoms with Gasteiger partial charge in [0.25, 0.3) is 0 Å². The van der Waals surface area contributed by atoms with Gasteiger partial charge in [-0.3, -0.25) is 0 Å². The van der Waals surface area contributed by atoms with Crippen LogP contribution in [0.25, 0.3) is 10.9 Å². The van der Waals surface area contributed by atoms with Crippen molar-refractivity contribution in [3.63, 3.8) is 0 Å². The molecule has 1 aromatic carbocycles. The molecule has 0 bridgehead atoms. The van der Waals surface area contributed by atoms with E-state index in [9.17, 15) is 8.42 Å². The van der Waals surface area contributed by atoms with Crippen molar-refractivity contribution in [3.05, 3.63) is 35.0 Å². The van der Waals surface area contributed by atoms with Crippen LogP contribution in [0.2, 0.25) is 5.02 Å². The van der Waals surface area contributed by atoms with E-state index < -0.39 is 10.0 Å². The summed E-state index contributed by atoms with van der Waals surface area (Å²) >= 11 is 5.80. The van der Waals surface area contributed by atoms with E-state index in [4.69, 9.17) is 16.7 Å². The van der Waals surface area contributed by atoms with E-state index in [1.54, 1.807) is 24.3 Å². The largest absolute Gasteiger partial charge is 0.358 e. The summed E-state index contributed by atoms with van der Waals surface area (Å²) < 4.78 is 21.8. The maximum absolute atomic E-state index is 10.9. The zero-order valence-electron chi connectivity index (χ0n) is 7.70. The Morgan fingerprint density at radius 2 is 2.07 bits per heavy atom. The highest BCUT2D eigenvalue weighted by Crippen LogP contribution is 2.20. The second-order valence-corrected chi connectivity index (χ2v) is 5.38. The Morgan fingerprint density at radius 3 is 2.73 bits per heavy atom. The normalized spacial score (nSPS) is 12.1. The summed E-state index contributed by atoms with van der Waals surface area (Å²) in [5.74, 6) is -0.195. The number of H-pyrrole nitrogens is 1. The van der Waals surface area contributed by atoms with Crippen LogP contribution in [0.5, 0.6) is 0 Å². The van der Waals surface area contributed by atoms with Crippen molar-refractivity contribution in [2.75, 3.05) is 0 Å². The first-order chi connectivity index (χ1) is 6.94. The zero-order chi connectivity index (χ0) is 11.1. The highest BCUT2D eigenvalue weighted by Gasteiger charge is 2.08. The zero-order valence-corrected chi connectivity index (χ0v) is 9.27. The summed E-state index contributed by atoms with van der Waals surface area (Å²) in [6.07, 6.45) is 0. The van der Waals surface area contributed by atoms with E-state index in [1.807, 2.05) is 0 Å². The Morgan fingerprint density at radius 1 is 1.33 bits per heavy atom. The molecule has 1 heterocycles. The van der Waals surface area contributed by atoms with Crippen molar-refractivity contribution in [2.24, 2.45) is 5.14 Å². The number of sulfonamides is 1. The molecule has 80 valence electrons. The second kappa shape index (κ2) is 3.52. The third-order valence-corrected chi connectivity index (χ3v) is 2.94. The van der Waals surface area contributed by atoms with Gasteiger partial charge < -0.3 is 4.98 Å². The standard InChI is InChI=1S/C9H9ClN2O2S/c10-7-1-2-9-6(3-7)4-8(12-9)5-15(11,13)14/h1-4,12H,5H2,(H2,11,13,14). The molecule has 6 heteroatoms. The topological polar surface area (TPSA) is 76.0 Å². The van der Waals surface area contributed by atoms with Crippen molar-refractivity contribution < 1.29 is 8.42 Å². The average molecular weight is 245 g/mol. The number of rotatable bonds is 2. The van der Waals surface area contributed by atoms with Crippen LogP contribution in [-0.4, -0.2) is 13.4 Å². The maximum Gasteiger partial charge on any atom is 0.214 e. The van der Waals surface area contributed by atoms with E-state index in [-0.39, 0.29) is 5.75 Å². The molecule has 0 amide bonds. The summed E-state index contributed by atoms with van der Waals surface area (Å²) in [6.45, 7) is 0. The molecule has 0 atom stereocenters. The van der Waals surface area contributed by atoms with Gasteiger partial charge in [-0.1, -0.05) is 11.6 Å². The molecule has 15 heavy (non-hydrogen) atoms. The van der Waals surface area contributed by atoms with E-state index in [1.165, 1.54) is 0 Å². The molecule has 0 spiro atoms. The molecule has 0 saturated carbocycles. The molecule has 2 rings (SSSR count). The van der Waals surface area contributed by atoms with Crippen molar-refractivity contribution in [1.82, 2.24) is 4.98 Å². The minimum Gasteiger partial charge on any atom is -0.358 e. The number of hydrogen-bond donors (Lipinski definition) is 2. The van der Waals surface area contributed by atoms with E-state index >= 15 is 0 Å². The number of halogens is 1. The van der Waals surface area contributed by atoms with Crippen molar-refractivity contribution >= 4 is 32.5 Å². The fourth-order valence-corrected chi connectivity index (χ4v) is 2.23. The van der Waals surface area contributed by atoms with Crippen LogP contribution < -0.4 is 5.14 Å². The van der Waals surface area contributed by atoms with Crippen LogP contribution >= 0.6 is 11.6 Å². The monoisotopic (exact) mass is 244 g/mol. The van der Waals surface area contributed by atoms with Gasteiger partial charge in [0.1, 0.15) is 5.75 Å². The summed E-state index contributed by atoms with van der Waals surface area (Å²) in [5, 5.41) is 6.44. The van der Waals surface area contributed by atoms with Crippen LogP contribution in [0.1, 0.15) is 5.69 Å². The van der Waals surface area contributed by atoms with Gasteiger partial charge in [0.2, 0.25) is 10.0 Å². The van der Waals surface area contributed by atoms with E-state index in [0.717, 1.165) is 10.9 Å². The Bertz CT molecular complexity index is 604. The first-order valence-electron chi connectivity index (χ1n) is 4.22. The molecule has 0 unspecified atom stereocenters. The predicted molar refractivity (Wildman–Crippen MR) is 60.1 cm³/mol. The fourth-order valence-electron chi connectivity index (χ4n) is 1.46. The maximum atomic E-state index is 10.9. The summed E-state index contributed by atoms with van der Waals surface area (Å²) in [7, 11) is -3.50. The van der Waals surface area contributed by atoms with Gasteiger partial charge in [-0.05, 0) is 24.3 Å². The molecule has 0 fully saturated rings. The van der Waals surface area contributed by atoms with Crippen LogP contribution in [0, 0.1) is 0 Å². The van der Waals surface area contributed by atoms with Gasteiger partial charge in [0.15, 0.2) is 0 Å². The summed E-state index contributed by atoms with van der Waals surface area (Å²) in [5.41, 5.74) is 1.41. The first kappa shape index (κ1) is 10.5. The number of fused-ring (bicyclic) bond motifs is 1. The summed E-state index contributed by atoms with van der Waals surface area (Å²) in [4.78, 5) is 2.96. The number of aromatic nitrogens is 1. The van der Waals surface area contributed by atoms with Crippen LogP contribution in [0.3, 0.4) is 0 Å². The van der Waals surface area contributed by atoms with E-state index in [0.29, 0.717) is 10.7 Å². The quantitative estimate of drug-likeness (QED) is 0.842. The minimum atomic E-state index is -3.50. The van der Waals surface area contributed by atoms with Gasteiger partial charge in [0.05, 0.1) is 0 Å². The van der Waals surface area contributed by atoms with Gasteiger partial charge in [-0.2, -0.15) is 0 Å². The Balaban J connectivity index is 2.48. The third kappa shape index (κ3) is 2.50. The SMILES string of the molecule is NS(=O)(=O)Cc1cc2cc(Cl)ccc2[nH]1. The fraction of sp³-hybridized carbons (Fsp3) is 0.111. The van der Waals surface area contributed by atoms with Crippen molar-refractivity contribution in [1.29, 1.82) is 0 Å². The summed E-state index contributed by atoms with van der Waals surface area (Å²) in [6, 6.07) is 7.02. The van der Waals surface area contributed by atoms with Gasteiger partial charge in [0, 0.05) is 21.6 Å². The second-order valence-electron chi connectivity index (χ2n) is 3.33. The molecule has 0 aliphatic rings. The van der Waals surface area contributed by atoms with Crippen LogP contribution in [-0.2, 0) is 15.8 Å². The Kier molecular flexibility index (Phi) is 2.46. The molecule has 2 aromatic rings. The van der Waals surface area contributed by atoms with Gasteiger partial charge >= 0.3 is 0 Å². The lowest BCUT2D eigenvalue weighted by molar-refractivity contribution is 0.596. The molecule has 0 aliphatic carbocycles. The smallest absolute Gasteiger partial charge is 0.214 e. The number of nitrogens with two attached hydrogens (primary N) is 1. The molecular formula is C9H9ClN2O2S.